The molecule has 2 aromatic rings. The minimum atomic E-state index is 0.935. The molecule has 1 aromatic heterocycles. The van der Waals surface area contributed by atoms with Crippen LogP contribution in [0.3, 0.4) is 0 Å². The Morgan fingerprint density at radius 1 is 1.25 bits per heavy atom. The molecule has 0 aliphatic carbocycles. The smallest absolute Gasteiger partial charge is 0.0808 e. The van der Waals surface area contributed by atoms with Crippen LogP contribution in [0.2, 0.25) is 0 Å². The Morgan fingerprint density at radius 3 is 2.56 bits per heavy atom. The number of thiol groups is 1. The predicted molar refractivity (Wildman–Crippen MR) is 71.6 cm³/mol. The van der Waals surface area contributed by atoms with E-state index in [1.807, 2.05) is 31.5 Å². The molecule has 3 heteroatoms. The Labute approximate surface area is 101 Å². The maximum Gasteiger partial charge on any atom is 0.0808 e. The highest BCUT2D eigenvalue weighted by Gasteiger charge is 2.09. The van der Waals surface area contributed by atoms with Crippen molar-refractivity contribution in [2.24, 2.45) is 12.0 Å². The van der Waals surface area contributed by atoms with Crippen LogP contribution < -0.4 is 0 Å². The molecule has 1 aromatic carbocycles. The van der Waals surface area contributed by atoms with E-state index in [1.54, 1.807) is 7.05 Å². The molecule has 82 valence electrons. The topological polar surface area (TPSA) is 17.3 Å². The molecule has 0 N–H and O–H groups in total. The average molecular weight is 230 g/mol. The molecule has 0 amide bonds. The van der Waals surface area contributed by atoms with Gasteiger partial charge >= 0.3 is 0 Å². The van der Waals surface area contributed by atoms with E-state index in [0.29, 0.717) is 0 Å². The van der Waals surface area contributed by atoms with Crippen molar-refractivity contribution < 1.29 is 0 Å². The van der Waals surface area contributed by atoms with E-state index in [-0.39, 0.29) is 0 Å². The van der Waals surface area contributed by atoms with E-state index in [9.17, 15) is 0 Å². The number of rotatable bonds is 2. The van der Waals surface area contributed by atoms with Gasteiger partial charge in [-0.05, 0) is 11.6 Å². The molecule has 0 aliphatic rings. The fourth-order valence-corrected chi connectivity index (χ4v) is 1.97. The van der Waals surface area contributed by atoms with Gasteiger partial charge in [0.15, 0.2) is 0 Å². The molecule has 0 fully saturated rings. The van der Waals surface area contributed by atoms with Crippen LogP contribution in [-0.2, 0) is 7.05 Å². The Bertz CT molecular complexity index is 512. The van der Waals surface area contributed by atoms with Gasteiger partial charge in [0.05, 0.1) is 5.03 Å². The zero-order valence-corrected chi connectivity index (χ0v) is 10.3. The highest BCUT2D eigenvalue weighted by molar-refractivity contribution is 7.80. The summed E-state index contributed by atoms with van der Waals surface area (Å²) < 4.78 is 2.06. The molecular formula is C13H14N2S. The average Bonchev–Trinajstić information content (AvgIpc) is 2.59. The first-order valence-electron chi connectivity index (χ1n) is 5.10. The second-order valence-corrected chi connectivity index (χ2v) is 4.04. The van der Waals surface area contributed by atoms with Crippen LogP contribution in [0.25, 0.3) is 11.3 Å². The van der Waals surface area contributed by atoms with E-state index in [2.05, 4.69) is 40.4 Å². The SMILES string of the molecule is CN=Cc1cc(-c2ccccc2)n(C)c1S. The van der Waals surface area contributed by atoms with Crippen LogP contribution >= 0.6 is 12.6 Å². The number of hydrogen-bond acceptors (Lipinski definition) is 2. The van der Waals surface area contributed by atoms with Crippen molar-refractivity contribution in [3.05, 3.63) is 42.0 Å². The molecular weight excluding hydrogens is 216 g/mol. The van der Waals surface area contributed by atoms with Crippen molar-refractivity contribution >= 4 is 18.8 Å². The fraction of sp³-hybridized carbons (Fsp3) is 0.154. The molecule has 0 aliphatic heterocycles. The Balaban J connectivity index is 2.55. The Hall–Kier alpha value is -1.48. The van der Waals surface area contributed by atoms with E-state index in [0.717, 1.165) is 16.3 Å². The second-order valence-electron chi connectivity index (χ2n) is 3.62. The molecule has 2 rings (SSSR count). The van der Waals surface area contributed by atoms with Crippen molar-refractivity contribution in [3.63, 3.8) is 0 Å². The molecule has 2 nitrogen and oxygen atoms in total. The summed E-state index contributed by atoms with van der Waals surface area (Å²) in [5, 5.41) is 0.935. The lowest BCUT2D eigenvalue weighted by Crippen LogP contribution is -1.92. The normalized spacial score (nSPS) is 11.2. The second kappa shape index (κ2) is 4.58. The monoisotopic (exact) mass is 230 g/mol. The first kappa shape index (κ1) is 11.0. The molecule has 0 atom stereocenters. The summed E-state index contributed by atoms with van der Waals surface area (Å²) in [5.41, 5.74) is 3.39. The zero-order chi connectivity index (χ0) is 11.5. The van der Waals surface area contributed by atoms with Crippen molar-refractivity contribution in [3.8, 4) is 11.3 Å². The molecule has 0 spiro atoms. The predicted octanol–water partition coefficient (Wildman–Crippen LogP) is 3.03. The summed E-state index contributed by atoms with van der Waals surface area (Å²) in [5.74, 6) is 0. The number of aliphatic imine (C=N–C) groups is 1. The van der Waals surface area contributed by atoms with E-state index < -0.39 is 0 Å². The molecule has 16 heavy (non-hydrogen) atoms. The van der Waals surface area contributed by atoms with Gasteiger partial charge in [-0.2, -0.15) is 0 Å². The van der Waals surface area contributed by atoms with E-state index >= 15 is 0 Å². The van der Waals surface area contributed by atoms with Gasteiger partial charge in [-0.1, -0.05) is 30.3 Å². The summed E-state index contributed by atoms with van der Waals surface area (Å²) in [7, 11) is 3.78. The summed E-state index contributed by atoms with van der Waals surface area (Å²) in [4.78, 5) is 4.03. The van der Waals surface area contributed by atoms with E-state index in [1.165, 1.54) is 5.56 Å². The highest BCUT2D eigenvalue weighted by Crippen LogP contribution is 2.26. The van der Waals surface area contributed by atoms with E-state index in [4.69, 9.17) is 0 Å². The first-order chi connectivity index (χ1) is 7.74. The summed E-state index contributed by atoms with van der Waals surface area (Å²) >= 11 is 4.49. The maximum atomic E-state index is 4.49. The van der Waals surface area contributed by atoms with Crippen LogP contribution in [0.15, 0.2) is 46.4 Å². The molecule has 0 saturated heterocycles. The summed E-state index contributed by atoms with van der Waals surface area (Å²) in [6, 6.07) is 12.4. The van der Waals surface area contributed by atoms with Gasteiger partial charge in [-0.25, -0.2) is 0 Å². The maximum absolute atomic E-state index is 4.49. The number of nitrogens with zero attached hydrogens (tertiary/aromatic N) is 2. The number of benzene rings is 1. The van der Waals surface area contributed by atoms with Crippen molar-refractivity contribution in [1.82, 2.24) is 4.57 Å². The van der Waals surface area contributed by atoms with Gasteiger partial charge in [-0.15, -0.1) is 12.6 Å². The molecule has 0 bridgehead atoms. The third kappa shape index (κ3) is 1.91. The van der Waals surface area contributed by atoms with Gasteiger partial charge in [0.25, 0.3) is 0 Å². The fourth-order valence-electron chi connectivity index (χ4n) is 1.74. The van der Waals surface area contributed by atoms with Crippen LogP contribution in [0.4, 0.5) is 0 Å². The minimum absolute atomic E-state index is 0.935. The zero-order valence-electron chi connectivity index (χ0n) is 9.38. The lowest BCUT2D eigenvalue weighted by atomic mass is 10.1. The Morgan fingerprint density at radius 2 is 1.94 bits per heavy atom. The van der Waals surface area contributed by atoms with Gasteiger partial charge in [-0.3, -0.25) is 4.99 Å². The number of hydrogen-bond donors (Lipinski definition) is 1. The van der Waals surface area contributed by atoms with Crippen LogP contribution in [-0.4, -0.2) is 17.8 Å². The minimum Gasteiger partial charge on any atom is -0.339 e. The van der Waals surface area contributed by atoms with Gasteiger partial charge in [0.2, 0.25) is 0 Å². The first-order valence-corrected chi connectivity index (χ1v) is 5.55. The van der Waals surface area contributed by atoms with Crippen molar-refractivity contribution in [2.75, 3.05) is 7.05 Å². The van der Waals surface area contributed by atoms with Crippen molar-refractivity contribution in [1.29, 1.82) is 0 Å². The van der Waals surface area contributed by atoms with Crippen LogP contribution in [0.1, 0.15) is 5.56 Å². The summed E-state index contributed by atoms with van der Waals surface area (Å²) in [6.07, 6.45) is 1.83. The molecule has 1 heterocycles. The molecule has 0 saturated carbocycles. The van der Waals surface area contributed by atoms with Gasteiger partial charge < -0.3 is 4.57 Å². The summed E-state index contributed by atoms with van der Waals surface area (Å²) in [6.45, 7) is 0. The molecule has 0 radical (unpaired) electrons. The molecule has 0 unspecified atom stereocenters. The van der Waals surface area contributed by atoms with Crippen LogP contribution in [0, 0.1) is 0 Å². The van der Waals surface area contributed by atoms with Gasteiger partial charge in [0, 0.05) is 31.6 Å². The third-order valence-corrected chi connectivity index (χ3v) is 3.13. The third-order valence-electron chi connectivity index (χ3n) is 2.57. The largest absolute Gasteiger partial charge is 0.339 e. The standard InChI is InChI=1S/C13H14N2S/c1-14-9-11-8-12(15(2)13(11)16)10-6-4-3-5-7-10/h3-9,16H,1-2H3. The van der Waals surface area contributed by atoms with Crippen LogP contribution in [0.5, 0.6) is 0 Å². The lowest BCUT2D eigenvalue weighted by Gasteiger charge is -2.03. The van der Waals surface area contributed by atoms with Gasteiger partial charge in [0.1, 0.15) is 0 Å². The quantitative estimate of drug-likeness (QED) is 0.603. The highest BCUT2D eigenvalue weighted by atomic mass is 32.1. The van der Waals surface area contributed by atoms with Crippen molar-refractivity contribution in [2.45, 2.75) is 5.03 Å². The Kier molecular flexibility index (Phi) is 3.15. The number of aromatic nitrogens is 1. The lowest BCUT2D eigenvalue weighted by molar-refractivity contribution is 0.839.